The summed E-state index contributed by atoms with van der Waals surface area (Å²) >= 11 is 0. The third kappa shape index (κ3) is 2.34. The fraction of sp³-hybridized carbons (Fsp3) is 0.636. The highest BCUT2D eigenvalue weighted by atomic mass is 16.6. The SMILES string of the molecule is CCOC(=O)c1cc([N+](=O)[O-])nn1C1CCCC1. The fourth-order valence-corrected chi connectivity index (χ4v) is 2.26. The lowest BCUT2D eigenvalue weighted by molar-refractivity contribution is -0.389. The Bertz CT molecular complexity index is 463. The van der Waals surface area contributed by atoms with Gasteiger partial charge in [0, 0.05) is 0 Å². The summed E-state index contributed by atoms with van der Waals surface area (Å²) in [6, 6.07) is 1.26. The molecule has 98 valence electrons. The Hall–Kier alpha value is -1.92. The van der Waals surface area contributed by atoms with Crippen molar-refractivity contribution in [2.24, 2.45) is 0 Å². The molecule has 7 nitrogen and oxygen atoms in total. The molecule has 1 saturated carbocycles. The van der Waals surface area contributed by atoms with Crippen LogP contribution in [0.15, 0.2) is 6.07 Å². The minimum atomic E-state index is -0.589. The summed E-state index contributed by atoms with van der Waals surface area (Å²) in [4.78, 5) is 21.9. The molecule has 0 bridgehead atoms. The fourth-order valence-electron chi connectivity index (χ4n) is 2.26. The van der Waals surface area contributed by atoms with E-state index in [9.17, 15) is 14.9 Å². The minimum absolute atomic E-state index is 0.0677. The quantitative estimate of drug-likeness (QED) is 0.465. The van der Waals surface area contributed by atoms with Crippen LogP contribution < -0.4 is 0 Å². The van der Waals surface area contributed by atoms with Crippen molar-refractivity contribution in [3.8, 4) is 0 Å². The van der Waals surface area contributed by atoms with Gasteiger partial charge in [-0.3, -0.25) is 0 Å². The van der Waals surface area contributed by atoms with Crippen LogP contribution in [0, 0.1) is 10.1 Å². The summed E-state index contributed by atoms with van der Waals surface area (Å²) in [7, 11) is 0. The summed E-state index contributed by atoms with van der Waals surface area (Å²) in [6.45, 7) is 1.94. The van der Waals surface area contributed by atoms with Crippen LogP contribution >= 0.6 is 0 Å². The van der Waals surface area contributed by atoms with E-state index in [4.69, 9.17) is 4.74 Å². The second-order valence-corrected chi connectivity index (χ2v) is 4.25. The number of carbonyl (C=O) groups excluding carboxylic acids is 1. The van der Waals surface area contributed by atoms with Gasteiger partial charge in [0.25, 0.3) is 0 Å². The highest BCUT2D eigenvalue weighted by Gasteiger charge is 2.30. The van der Waals surface area contributed by atoms with Crippen LogP contribution in [0.4, 0.5) is 5.82 Å². The summed E-state index contributed by atoms with van der Waals surface area (Å²) in [5.74, 6) is -0.852. The van der Waals surface area contributed by atoms with E-state index in [2.05, 4.69) is 5.10 Å². The first-order valence-corrected chi connectivity index (χ1v) is 6.04. The zero-order valence-electron chi connectivity index (χ0n) is 10.2. The molecule has 1 fully saturated rings. The van der Waals surface area contributed by atoms with E-state index in [0.29, 0.717) is 0 Å². The van der Waals surface area contributed by atoms with Gasteiger partial charge in [-0.1, -0.05) is 12.8 Å². The first-order chi connectivity index (χ1) is 8.63. The summed E-state index contributed by atoms with van der Waals surface area (Å²) < 4.78 is 6.36. The molecule has 0 N–H and O–H groups in total. The molecule has 0 radical (unpaired) electrons. The van der Waals surface area contributed by atoms with Gasteiger partial charge >= 0.3 is 11.8 Å². The van der Waals surface area contributed by atoms with Crippen molar-refractivity contribution in [2.75, 3.05) is 6.61 Å². The number of nitrogens with zero attached hydrogens (tertiary/aromatic N) is 3. The number of esters is 1. The smallest absolute Gasteiger partial charge is 0.390 e. The van der Waals surface area contributed by atoms with Gasteiger partial charge in [-0.2, -0.15) is 4.68 Å². The van der Waals surface area contributed by atoms with Crippen molar-refractivity contribution in [3.63, 3.8) is 0 Å². The molecular weight excluding hydrogens is 238 g/mol. The van der Waals surface area contributed by atoms with Crippen molar-refractivity contribution in [1.82, 2.24) is 9.78 Å². The molecule has 1 aliphatic carbocycles. The van der Waals surface area contributed by atoms with Gasteiger partial charge in [0.2, 0.25) is 0 Å². The molecule has 0 saturated heterocycles. The molecular formula is C11H15N3O4. The Kier molecular flexibility index (Phi) is 3.59. The molecule has 18 heavy (non-hydrogen) atoms. The predicted octanol–water partition coefficient (Wildman–Crippen LogP) is 2.08. The van der Waals surface area contributed by atoms with E-state index in [1.807, 2.05) is 0 Å². The number of hydrogen-bond acceptors (Lipinski definition) is 5. The Morgan fingerprint density at radius 2 is 2.28 bits per heavy atom. The lowest BCUT2D eigenvalue weighted by Gasteiger charge is -2.08. The summed E-state index contributed by atoms with van der Waals surface area (Å²) in [5, 5.41) is 14.7. The normalized spacial score (nSPS) is 15.8. The number of nitro groups is 1. The van der Waals surface area contributed by atoms with E-state index in [-0.39, 0.29) is 24.2 Å². The topological polar surface area (TPSA) is 87.3 Å². The average Bonchev–Trinajstić information content (AvgIpc) is 2.98. The van der Waals surface area contributed by atoms with Crippen LogP contribution in [0.3, 0.4) is 0 Å². The molecule has 0 aromatic carbocycles. The molecule has 2 rings (SSSR count). The Morgan fingerprint density at radius 3 is 2.83 bits per heavy atom. The maximum Gasteiger partial charge on any atom is 0.390 e. The van der Waals surface area contributed by atoms with E-state index >= 15 is 0 Å². The average molecular weight is 253 g/mol. The molecule has 1 aliphatic rings. The molecule has 7 heteroatoms. The van der Waals surface area contributed by atoms with Crippen molar-refractivity contribution < 1.29 is 14.5 Å². The highest BCUT2D eigenvalue weighted by molar-refractivity contribution is 5.88. The standard InChI is InChI=1S/C11H15N3O4/c1-2-18-11(15)9-7-10(14(16)17)12-13(9)8-5-3-4-6-8/h7-8H,2-6H2,1H3. The summed E-state index contributed by atoms with van der Waals surface area (Å²) in [5.41, 5.74) is 0.176. The zero-order valence-corrected chi connectivity index (χ0v) is 10.2. The van der Waals surface area contributed by atoms with E-state index in [1.54, 1.807) is 6.92 Å². The van der Waals surface area contributed by atoms with Crippen LogP contribution in [0.2, 0.25) is 0 Å². The molecule has 0 aliphatic heterocycles. The Labute approximate surface area is 104 Å². The maximum absolute atomic E-state index is 11.8. The first-order valence-electron chi connectivity index (χ1n) is 6.04. The van der Waals surface area contributed by atoms with Gasteiger partial charge in [0.15, 0.2) is 5.69 Å². The van der Waals surface area contributed by atoms with Gasteiger partial charge in [-0.05, 0) is 24.7 Å². The van der Waals surface area contributed by atoms with Crippen LogP contribution in [-0.4, -0.2) is 27.3 Å². The van der Waals surface area contributed by atoms with Gasteiger partial charge in [-0.25, -0.2) is 4.79 Å². The Balaban J connectivity index is 2.35. The highest BCUT2D eigenvalue weighted by Crippen LogP contribution is 2.31. The van der Waals surface area contributed by atoms with Gasteiger partial charge in [0.05, 0.1) is 23.8 Å². The molecule has 1 heterocycles. The lowest BCUT2D eigenvalue weighted by Crippen LogP contribution is -2.16. The number of ether oxygens (including phenoxy) is 1. The van der Waals surface area contributed by atoms with Crippen molar-refractivity contribution in [3.05, 3.63) is 21.9 Å². The number of aromatic nitrogens is 2. The molecule has 1 aromatic heterocycles. The van der Waals surface area contributed by atoms with E-state index in [0.717, 1.165) is 25.7 Å². The number of carbonyl (C=O) groups is 1. The molecule has 0 spiro atoms. The predicted molar refractivity (Wildman–Crippen MR) is 62.3 cm³/mol. The zero-order chi connectivity index (χ0) is 13.1. The molecule has 0 atom stereocenters. The molecule has 0 unspecified atom stereocenters. The van der Waals surface area contributed by atoms with Crippen molar-refractivity contribution >= 4 is 11.8 Å². The lowest BCUT2D eigenvalue weighted by atomic mass is 10.2. The van der Waals surface area contributed by atoms with Gasteiger partial charge in [-0.15, -0.1) is 0 Å². The number of rotatable bonds is 4. The second-order valence-electron chi connectivity index (χ2n) is 4.25. The van der Waals surface area contributed by atoms with Crippen LogP contribution in [0.1, 0.15) is 49.1 Å². The molecule has 0 amide bonds. The number of hydrogen-bond donors (Lipinski definition) is 0. The van der Waals surface area contributed by atoms with Crippen molar-refractivity contribution in [2.45, 2.75) is 38.6 Å². The van der Waals surface area contributed by atoms with E-state index < -0.39 is 10.9 Å². The third-order valence-electron chi connectivity index (χ3n) is 3.07. The van der Waals surface area contributed by atoms with Crippen LogP contribution in [0.5, 0.6) is 0 Å². The summed E-state index contributed by atoms with van der Waals surface area (Å²) in [6.07, 6.45) is 3.90. The second kappa shape index (κ2) is 5.16. The molecule has 1 aromatic rings. The monoisotopic (exact) mass is 253 g/mol. The van der Waals surface area contributed by atoms with Crippen LogP contribution in [0.25, 0.3) is 0 Å². The van der Waals surface area contributed by atoms with Crippen molar-refractivity contribution in [1.29, 1.82) is 0 Å². The largest absolute Gasteiger partial charge is 0.461 e. The third-order valence-corrected chi connectivity index (χ3v) is 3.07. The minimum Gasteiger partial charge on any atom is -0.461 e. The first kappa shape index (κ1) is 12.5. The van der Waals surface area contributed by atoms with Gasteiger partial charge < -0.3 is 14.9 Å². The van der Waals surface area contributed by atoms with E-state index in [1.165, 1.54) is 10.7 Å². The van der Waals surface area contributed by atoms with Gasteiger partial charge in [0.1, 0.15) is 0 Å². The Morgan fingerprint density at radius 1 is 1.61 bits per heavy atom. The van der Waals surface area contributed by atoms with Crippen LogP contribution in [-0.2, 0) is 4.74 Å². The maximum atomic E-state index is 11.8.